The molecule has 0 atom stereocenters. The molecule has 0 bridgehead atoms. The van der Waals surface area contributed by atoms with Crippen LogP contribution in [0.5, 0.6) is 5.75 Å². The van der Waals surface area contributed by atoms with E-state index in [9.17, 15) is 4.79 Å². The van der Waals surface area contributed by atoms with Gasteiger partial charge in [0.2, 0.25) is 0 Å². The average molecular weight is 398 g/mol. The van der Waals surface area contributed by atoms with Crippen molar-refractivity contribution in [3.8, 4) is 11.4 Å². The Morgan fingerprint density at radius 3 is 2.61 bits per heavy atom. The minimum atomic E-state index is -0.205. The Kier molecular flexibility index (Phi) is 5.98. The summed E-state index contributed by atoms with van der Waals surface area (Å²) in [5, 5.41) is 1.83. The Labute approximate surface area is 167 Å². The summed E-state index contributed by atoms with van der Waals surface area (Å²) >= 11 is 5.81. The summed E-state index contributed by atoms with van der Waals surface area (Å²) in [7, 11) is 1.62. The van der Waals surface area contributed by atoms with Crippen LogP contribution in [0.3, 0.4) is 0 Å². The number of halogens is 1. The number of hydrogen-bond acceptors (Lipinski definition) is 6. The first-order chi connectivity index (χ1) is 13.5. The topological polar surface area (TPSA) is 99.4 Å². The lowest BCUT2D eigenvalue weighted by atomic mass is 10.2. The van der Waals surface area contributed by atoms with Gasteiger partial charge in [-0.25, -0.2) is 10.8 Å². The second-order valence-electron chi connectivity index (χ2n) is 6.07. The number of rotatable bonds is 6. The Hall–Kier alpha value is -3.29. The number of nitrogens with zero attached hydrogens (tertiary/aromatic N) is 3. The van der Waals surface area contributed by atoms with E-state index in [1.54, 1.807) is 37.7 Å². The summed E-state index contributed by atoms with van der Waals surface area (Å²) in [6.45, 7) is 0.464. The molecule has 0 radical (unpaired) electrons. The Bertz CT molecular complexity index is 1030. The highest BCUT2D eigenvalue weighted by Gasteiger charge is 2.06. The number of ether oxygens (including phenoxy) is 1. The lowest BCUT2D eigenvalue weighted by Gasteiger charge is -2.16. The molecule has 0 aliphatic carbocycles. The zero-order valence-electron chi connectivity index (χ0n) is 15.2. The molecule has 0 aliphatic heterocycles. The number of benzene rings is 1. The maximum atomic E-state index is 12.2. The van der Waals surface area contributed by atoms with Crippen molar-refractivity contribution in [1.82, 2.24) is 14.6 Å². The van der Waals surface area contributed by atoms with E-state index >= 15 is 0 Å². The minimum Gasteiger partial charge on any atom is -0.497 e. The highest BCUT2D eigenvalue weighted by molar-refractivity contribution is 6.29. The maximum absolute atomic E-state index is 12.2. The van der Waals surface area contributed by atoms with Crippen molar-refractivity contribution in [3.05, 3.63) is 93.8 Å². The average Bonchev–Trinajstić information content (AvgIpc) is 2.69. The molecule has 8 heteroatoms. The van der Waals surface area contributed by atoms with E-state index in [1.807, 2.05) is 24.3 Å². The number of hydrazine groups is 1. The van der Waals surface area contributed by atoms with Crippen LogP contribution >= 0.6 is 11.6 Å². The molecule has 4 N–H and O–H groups in total. The van der Waals surface area contributed by atoms with Gasteiger partial charge in [-0.05, 0) is 35.9 Å². The van der Waals surface area contributed by atoms with Crippen molar-refractivity contribution in [2.75, 3.05) is 7.11 Å². The van der Waals surface area contributed by atoms with E-state index < -0.39 is 0 Å². The van der Waals surface area contributed by atoms with E-state index in [0.717, 1.165) is 11.3 Å². The first-order valence-electron chi connectivity index (χ1n) is 8.43. The zero-order valence-corrected chi connectivity index (χ0v) is 16.0. The third-order valence-corrected chi connectivity index (χ3v) is 4.29. The molecule has 0 saturated carbocycles. The first-order valence-corrected chi connectivity index (χ1v) is 8.80. The summed E-state index contributed by atoms with van der Waals surface area (Å²) in [4.78, 5) is 16.2. The summed E-state index contributed by atoms with van der Waals surface area (Å²) in [5.74, 6) is 6.84. The smallest absolute Gasteiger partial charge is 0.255 e. The fraction of sp³-hybridized carbons (Fsp3) is 0.100. The van der Waals surface area contributed by atoms with E-state index in [0.29, 0.717) is 28.6 Å². The summed E-state index contributed by atoms with van der Waals surface area (Å²) in [6, 6.07) is 14.0. The molecule has 2 heterocycles. The highest BCUT2D eigenvalue weighted by Crippen LogP contribution is 2.15. The van der Waals surface area contributed by atoms with Gasteiger partial charge in [-0.15, -0.1) is 0 Å². The Balaban J connectivity index is 1.80. The number of nitrogens with two attached hydrogens (primary N) is 2. The molecule has 0 amide bonds. The molecule has 0 aliphatic rings. The van der Waals surface area contributed by atoms with E-state index in [4.69, 9.17) is 27.9 Å². The molecule has 0 saturated heterocycles. The van der Waals surface area contributed by atoms with Gasteiger partial charge in [-0.2, -0.15) is 0 Å². The number of hydrogen-bond donors (Lipinski definition) is 2. The molecule has 0 unspecified atom stereocenters. The second-order valence-corrected chi connectivity index (χ2v) is 6.46. The van der Waals surface area contributed by atoms with Gasteiger partial charge in [0.05, 0.1) is 31.2 Å². The quantitative estimate of drug-likeness (QED) is 0.376. The first kappa shape index (κ1) is 19.5. The third kappa shape index (κ3) is 4.70. The standard InChI is InChI=1S/C20H20ClN5O2/c1-28-17-6-2-14(3-7-17)11-25(23)13-18(22)15-4-9-20(27)26(12-15)16-5-8-19(21)24-10-16/h2-10,12-13H,11,22-23H2,1H3/b18-13-. The molecule has 7 nitrogen and oxygen atoms in total. The summed E-state index contributed by atoms with van der Waals surface area (Å²) in [5.41, 5.74) is 8.65. The van der Waals surface area contributed by atoms with Crippen molar-refractivity contribution in [3.63, 3.8) is 0 Å². The summed E-state index contributed by atoms with van der Waals surface area (Å²) in [6.07, 6.45) is 4.78. The molecule has 3 aromatic rings. The largest absolute Gasteiger partial charge is 0.497 e. The molecule has 0 fully saturated rings. The molecule has 2 aromatic heterocycles. The van der Waals surface area contributed by atoms with Crippen LogP contribution in [0.15, 0.2) is 71.9 Å². The highest BCUT2D eigenvalue weighted by atomic mass is 35.5. The van der Waals surface area contributed by atoms with Gasteiger partial charge in [0.1, 0.15) is 10.9 Å². The van der Waals surface area contributed by atoms with Crippen LogP contribution in [0.2, 0.25) is 5.15 Å². The van der Waals surface area contributed by atoms with Gasteiger partial charge in [0, 0.05) is 24.0 Å². The van der Waals surface area contributed by atoms with Crippen LogP contribution in [0.1, 0.15) is 11.1 Å². The van der Waals surface area contributed by atoms with E-state index in [1.165, 1.54) is 21.8 Å². The lowest BCUT2D eigenvalue weighted by molar-refractivity contribution is 0.386. The SMILES string of the molecule is COc1ccc(CN(N)/C=C(\N)c2ccc(=O)n(-c3ccc(Cl)nc3)c2)cc1. The molecule has 3 rings (SSSR count). The van der Waals surface area contributed by atoms with Gasteiger partial charge in [-0.3, -0.25) is 9.36 Å². The predicted octanol–water partition coefficient (Wildman–Crippen LogP) is 2.53. The van der Waals surface area contributed by atoms with Crippen molar-refractivity contribution >= 4 is 17.3 Å². The van der Waals surface area contributed by atoms with Crippen LogP contribution in [0.25, 0.3) is 11.4 Å². The van der Waals surface area contributed by atoms with Crippen LogP contribution in [-0.2, 0) is 6.54 Å². The zero-order chi connectivity index (χ0) is 20.1. The molecule has 0 spiro atoms. The van der Waals surface area contributed by atoms with Gasteiger partial charge < -0.3 is 15.5 Å². The Morgan fingerprint density at radius 2 is 1.96 bits per heavy atom. The predicted molar refractivity (Wildman–Crippen MR) is 110 cm³/mol. The lowest BCUT2D eigenvalue weighted by Crippen LogP contribution is -2.26. The number of methoxy groups -OCH3 is 1. The molecular formula is C20H20ClN5O2. The fourth-order valence-electron chi connectivity index (χ4n) is 2.61. The van der Waals surface area contributed by atoms with Gasteiger partial charge in [0.25, 0.3) is 5.56 Å². The molecular weight excluding hydrogens is 378 g/mol. The minimum absolute atomic E-state index is 0.205. The van der Waals surface area contributed by atoms with Crippen molar-refractivity contribution in [2.24, 2.45) is 11.6 Å². The Morgan fingerprint density at radius 1 is 1.21 bits per heavy atom. The third-order valence-electron chi connectivity index (χ3n) is 4.06. The monoisotopic (exact) mass is 397 g/mol. The van der Waals surface area contributed by atoms with Crippen LogP contribution in [-0.4, -0.2) is 21.7 Å². The molecule has 1 aromatic carbocycles. The fourth-order valence-corrected chi connectivity index (χ4v) is 2.72. The molecule has 28 heavy (non-hydrogen) atoms. The van der Waals surface area contributed by atoms with Gasteiger partial charge >= 0.3 is 0 Å². The van der Waals surface area contributed by atoms with Crippen molar-refractivity contribution in [2.45, 2.75) is 6.54 Å². The van der Waals surface area contributed by atoms with Crippen LogP contribution < -0.4 is 21.9 Å². The van der Waals surface area contributed by atoms with E-state index in [-0.39, 0.29) is 5.56 Å². The van der Waals surface area contributed by atoms with Crippen LogP contribution in [0.4, 0.5) is 0 Å². The normalized spacial score (nSPS) is 11.3. The maximum Gasteiger partial charge on any atom is 0.255 e. The summed E-state index contributed by atoms with van der Waals surface area (Å²) < 4.78 is 6.59. The van der Waals surface area contributed by atoms with Crippen LogP contribution in [0, 0.1) is 0 Å². The number of aromatic nitrogens is 2. The van der Waals surface area contributed by atoms with Crippen molar-refractivity contribution in [1.29, 1.82) is 0 Å². The second kappa shape index (κ2) is 8.60. The number of pyridine rings is 2. The van der Waals surface area contributed by atoms with Gasteiger partial charge in [-0.1, -0.05) is 23.7 Å². The van der Waals surface area contributed by atoms with E-state index in [2.05, 4.69) is 4.98 Å². The van der Waals surface area contributed by atoms with Gasteiger partial charge in [0.15, 0.2) is 0 Å². The molecule has 144 valence electrons. The van der Waals surface area contributed by atoms with Crippen molar-refractivity contribution < 1.29 is 4.74 Å².